The summed E-state index contributed by atoms with van der Waals surface area (Å²) in [5, 5.41) is 7.61. The predicted octanol–water partition coefficient (Wildman–Crippen LogP) is 6.82. The van der Waals surface area contributed by atoms with Gasteiger partial charge in [-0.05, 0) is 67.4 Å². The number of hydrogen-bond acceptors (Lipinski definition) is 8. The average molecular weight is 627 g/mol. The van der Waals surface area contributed by atoms with Crippen LogP contribution in [0.2, 0.25) is 0 Å². The summed E-state index contributed by atoms with van der Waals surface area (Å²) >= 11 is 0. The Morgan fingerprint density at radius 1 is 0.766 bits per heavy atom. The highest BCUT2D eigenvalue weighted by molar-refractivity contribution is 5.96. The molecule has 0 aliphatic carbocycles. The topological polar surface area (TPSA) is 118 Å². The molecular formula is C36H31FN8O2. The summed E-state index contributed by atoms with van der Waals surface area (Å²) < 4.78 is 26.7. The second kappa shape index (κ2) is 12.6. The number of benzene rings is 2. The Hall–Kier alpha value is -5.68. The molecule has 2 aromatic carbocycles. The first-order valence-electron chi connectivity index (χ1n) is 15.6. The molecule has 0 amide bonds. The minimum atomic E-state index is -0.384. The molecule has 1 fully saturated rings. The molecule has 5 aromatic heterocycles. The van der Waals surface area contributed by atoms with Gasteiger partial charge in [-0.3, -0.25) is 20.0 Å². The molecule has 0 unspecified atom stereocenters. The van der Waals surface area contributed by atoms with Gasteiger partial charge in [-0.1, -0.05) is 30.3 Å². The van der Waals surface area contributed by atoms with Gasteiger partial charge in [0.05, 0.1) is 34.6 Å². The third kappa shape index (κ3) is 6.12. The van der Waals surface area contributed by atoms with Gasteiger partial charge < -0.3 is 14.5 Å². The molecule has 1 saturated heterocycles. The van der Waals surface area contributed by atoms with Crippen molar-refractivity contribution in [1.29, 1.82) is 0 Å². The van der Waals surface area contributed by atoms with Gasteiger partial charge >= 0.3 is 0 Å². The number of imidazole rings is 1. The second-order valence-electron chi connectivity index (χ2n) is 11.6. The van der Waals surface area contributed by atoms with Gasteiger partial charge in [0, 0.05) is 36.1 Å². The maximum absolute atomic E-state index is 14.8. The van der Waals surface area contributed by atoms with Crippen LogP contribution in [0.1, 0.15) is 18.4 Å². The fourth-order valence-corrected chi connectivity index (χ4v) is 5.96. The number of halogens is 1. The van der Waals surface area contributed by atoms with Crippen LogP contribution in [0.15, 0.2) is 91.5 Å². The van der Waals surface area contributed by atoms with Crippen LogP contribution < -0.4 is 9.47 Å². The predicted molar refractivity (Wildman–Crippen MR) is 177 cm³/mol. The number of H-pyrrole nitrogens is 2. The molecule has 47 heavy (non-hydrogen) atoms. The first kappa shape index (κ1) is 28.8. The van der Waals surface area contributed by atoms with Crippen LogP contribution in [0.5, 0.6) is 11.5 Å². The molecule has 1 aliphatic rings. The van der Waals surface area contributed by atoms with Crippen molar-refractivity contribution >= 4 is 22.1 Å². The van der Waals surface area contributed by atoms with Crippen LogP contribution in [0, 0.1) is 5.82 Å². The lowest BCUT2D eigenvalue weighted by atomic mass is 10.1. The first-order chi connectivity index (χ1) is 23.2. The summed E-state index contributed by atoms with van der Waals surface area (Å²) in [6, 6.07) is 20.5. The SMILES string of the molecule is Fc1cc(OCCN2CCCC2)cc(-c2cncc3[nH]c(-c4n[nH]c5ccc(-c6cncc(OCc7ccccc7)c6)nc45)nc23)c1. The van der Waals surface area contributed by atoms with Crippen molar-refractivity contribution < 1.29 is 13.9 Å². The van der Waals surface area contributed by atoms with E-state index in [1.54, 1.807) is 24.8 Å². The zero-order valence-electron chi connectivity index (χ0n) is 25.5. The average Bonchev–Trinajstić information content (AvgIpc) is 3.87. The van der Waals surface area contributed by atoms with Crippen LogP contribution in [-0.4, -0.2) is 66.3 Å². The lowest BCUT2D eigenvalue weighted by molar-refractivity contribution is 0.237. The molecule has 8 rings (SSSR count). The maximum atomic E-state index is 14.8. The van der Waals surface area contributed by atoms with E-state index < -0.39 is 0 Å². The Balaban J connectivity index is 1.08. The molecule has 7 aromatic rings. The van der Waals surface area contributed by atoms with Crippen molar-refractivity contribution in [3.8, 4) is 45.4 Å². The van der Waals surface area contributed by atoms with Gasteiger partial charge in [0.1, 0.15) is 36.0 Å². The van der Waals surface area contributed by atoms with Crippen LogP contribution >= 0.6 is 0 Å². The quantitative estimate of drug-likeness (QED) is 0.170. The number of aromatic amines is 2. The molecule has 1 aliphatic heterocycles. The Kier molecular flexibility index (Phi) is 7.72. The third-order valence-corrected chi connectivity index (χ3v) is 8.34. The minimum absolute atomic E-state index is 0.384. The number of nitrogens with zero attached hydrogens (tertiary/aromatic N) is 6. The van der Waals surface area contributed by atoms with Crippen molar-refractivity contribution in [2.24, 2.45) is 0 Å². The smallest absolute Gasteiger partial charge is 0.161 e. The monoisotopic (exact) mass is 626 g/mol. The summed E-state index contributed by atoms with van der Waals surface area (Å²) in [7, 11) is 0. The van der Waals surface area contributed by atoms with Crippen molar-refractivity contribution in [1.82, 2.24) is 40.0 Å². The van der Waals surface area contributed by atoms with E-state index in [0.717, 1.165) is 36.3 Å². The summed E-state index contributed by atoms with van der Waals surface area (Å²) in [6.45, 7) is 3.94. The van der Waals surface area contributed by atoms with Gasteiger partial charge in [-0.2, -0.15) is 5.10 Å². The summed E-state index contributed by atoms with van der Waals surface area (Å²) in [6.07, 6.45) is 9.27. The number of likely N-dealkylation sites (tertiary alicyclic amines) is 1. The number of fused-ring (bicyclic) bond motifs is 2. The molecule has 0 radical (unpaired) electrons. The van der Waals surface area contributed by atoms with E-state index in [4.69, 9.17) is 19.4 Å². The summed E-state index contributed by atoms with van der Waals surface area (Å²) in [4.78, 5) is 24.3. The highest BCUT2D eigenvalue weighted by Gasteiger charge is 2.18. The molecule has 11 heteroatoms. The van der Waals surface area contributed by atoms with Gasteiger partial charge in [-0.15, -0.1) is 0 Å². The number of pyridine rings is 3. The molecular weight excluding hydrogens is 595 g/mol. The van der Waals surface area contributed by atoms with Gasteiger partial charge in [0.25, 0.3) is 0 Å². The van der Waals surface area contributed by atoms with Crippen LogP contribution in [0.25, 0.3) is 56.0 Å². The Morgan fingerprint density at radius 3 is 2.51 bits per heavy atom. The maximum Gasteiger partial charge on any atom is 0.161 e. The highest BCUT2D eigenvalue weighted by atomic mass is 19.1. The fraction of sp³-hybridized carbons (Fsp3) is 0.194. The van der Waals surface area contributed by atoms with Gasteiger partial charge in [-0.25, -0.2) is 14.4 Å². The second-order valence-corrected chi connectivity index (χ2v) is 11.6. The molecule has 2 N–H and O–H groups in total. The van der Waals surface area contributed by atoms with Gasteiger partial charge in [0.15, 0.2) is 11.5 Å². The van der Waals surface area contributed by atoms with E-state index in [0.29, 0.717) is 69.6 Å². The Bertz CT molecular complexity index is 2180. The molecule has 234 valence electrons. The largest absolute Gasteiger partial charge is 0.492 e. The van der Waals surface area contributed by atoms with Crippen molar-refractivity contribution in [3.05, 3.63) is 103 Å². The lowest BCUT2D eigenvalue weighted by Crippen LogP contribution is -2.25. The van der Waals surface area contributed by atoms with Gasteiger partial charge in [0.2, 0.25) is 0 Å². The van der Waals surface area contributed by atoms with E-state index in [1.807, 2.05) is 54.6 Å². The number of ether oxygens (including phenoxy) is 2. The molecule has 0 bridgehead atoms. The Labute approximate surface area is 269 Å². The number of aromatic nitrogens is 7. The number of nitrogens with one attached hydrogen (secondary N) is 2. The lowest BCUT2D eigenvalue weighted by Gasteiger charge is -2.15. The molecule has 6 heterocycles. The minimum Gasteiger partial charge on any atom is -0.492 e. The molecule has 10 nitrogen and oxygen atoms in total. The summed E-state index contributed by atoms with van der Waals surface area (Å²) in [5.41, 5.74) is 7.20. The first-order valence-corrected chi connectivity index (χ1v) is 15.6. The normalized spacial score (nSPS) is 13.5. The van der Waals surface area contributed by atoms with E-state index in [9.17, 15) is 4.39 Å². The standard InChI is InChI=1S/C36H31FN8O2/c37-26-14-24(15-27(17-26)46-13-12-45-10-4-5-11-45)29-20-39-21-32-33(29)42-36(41-32)35-34-31(43-44-35)9-8-30(40-34)25-16-28(19-38-18-25)47-22-23-6-2-1-3-7-23/h1-3,6-9,14-21H,4-5,10-13,22H2,(H,41,42)(H,43,44). The zero-order valence-corrected chi connectivity index (χ0v) is 25.5. The van der Waals surface area contributed by atoms with Crippen LogP contribution in [-0.2, 0) is 6.61 Å². The summed E-state index contributed by atoms with van der Waals surface area (Å²) in [5.74, 6) is 1.26. The van der Waals surface area contributed by atoms with Crippen molar-refractivity contribution in [3.63, 3.8) is 0 Å². The molecule has 0 atom stereocenters. The van der Waals surface area contributed by atoms with Crippen LogP contribution in [0.3, 0.4) is 0 Å². The Morgan fingerprint density at radius 2 is 1.62 bits per heavy atom. The zero-order chi connectivity index (χ0) is 31.6. The van der Waals surface area contributed by atoms with E-state index in [1.165, 1.54) is 25.0 Å². The van der Waals surface area contributed by atoms with Crippen molar-refractivity contribution in [2.45, 2.75) is 19.4 Å². The fourth-order valence-electron chi connectivity index (χ4n) is 5.96. The van der Waals surface area contributed by atoms with Crippen molar-refractivity contribution in [2.75, 3.05) is 26.2 Å². The number of hydrogen-bond donors (Lipinski definition) is 2. The molecule has 0 spiro atoms. The van der Waals surface area contributed by atoms with E-state index in [2.05, 4.69) is 30.0 Å². The number of rotatable bonds is 10. The highest BCUT2D eigenvalue weighted by Crippen LogP contribution is 2.33. The molecule has 0 saturated carbocycles. The third-order valence-electron chi connectivity index (χ3n) is 8.34. The van der Waals surface area contributed by atoms with Crippen LogP contribution in [0.4, 0.5) is 4.39 Å². The van der Waals surface area contributed by atoms with E-state index in [-0.39, 0.29) is 5.82 Å². The van der Waals surface area contributed by atoms with E-state index >= 15 is 0 Å².